The Hall–Kier alpha value is -3.17. The summed E-state index contributed by atoms with van der Waals surface area (Å²) in [4.78, 5) is 22.7. The van der Waals surface area contributed by atoms with E-state index in [0.717, 1.165) is 11.1 Å². The quantitative estimate of drug-likeness (QED) is 0.380. The van der Waals surface area contributed by atoms with Gasteiger partial charge in [-0.1, -0.05) is 23.7 Å². The maximum Gasteiger partial charge on any atom is 0.270 e. The Morgan fingerprint density at radius 1 is 1.28 bits per heavy atom. The van der Waals surface area contributed by atoms with Crippen molar-refractivity contribution in [3.05, 3.63) is 73.8 Å². The van der Waals surface area contributed by atoms with Crippen LogP contribution in [0.5, 0.6) is 0 Å². The predicted octanol–water partition coefficient (Wildman–Crippen LogP) is 4.41. The van der Waals surface area contributed by atoms with E-state index >= 15 is 0 Å². The van der Waals surface area contributed by atoms with Gasteiger partial charge in [0.15, 0.2) is 0 Å². The van der Waals surface area contributed by atoms with E-state index in [1.165, 1.54) is 24.3 Å². The van der Waals surface area contributed by atoms with Crippen LogP contribution in [0.25, 0.3) is 6.08 Å². The van der Waals surface area contributed by atoms with Crippen LogP contribution >= 0.6 is 11.6 Å². The molecule has 0 saturated carbocycles. The van der Waals surface area contributed by atoms with Gasteiger partial charge in [0.2, 0.25) is 0 Å². The zero-order chi connectivity index (χ0) is 18.6. The highest BCUT2D eigenvalue weighted by Gasteiger charge is 2.14. The standard InChI is InChI=1S/C18H14ClN3O3/c1-11-3-4-12(2)17(7-11)21-18(23)14(10-20)8-13-9-15(22(24)25)5-6-16(13)19/h3-9H,1-2H3,(H,21,23)/b14-8+. The normalized spacial score (nSPS) is 10.9. The summed E-state index contributed by atoms with van der Waals surface area (Å²) in [6.45, 7) is 3.72. The minimum absolute atomic E-state index is 0.178. The van der Waals surface area contributed by atoms with Crippen molar-refractivity contribution in [2.24, 2.45) is 0 Å². The van der Waals surface area contributed by atoms with E-state index in [9.17, 15) is 20.2 Å². The molecule has 0 heterocycles. The van der Waals surface area contributed by atoms with Crippen LogP contribution in [0.1, 0.15) is 16.7 Å². The lowest BCUT2D eigenvalue weighted by molar-refractivity contribution is -0.384. The lowest BCUT2D eigenvalue weighted by Gasteiger charge is -2.09. The number of halogens is 1. The minimum atomic E-state index is -0.612. The number of carbonyl (C=O) groups is 1. The van der Waals surface area contributed by atoms with Crippen LogP contribution in [0.3, 0.4) is 0 Å². The molecule has 0 bridgehead atoms. The molecule has 0 fully saturated rings. The number of nitrogens with one attached hydrogen (secondary N) is 1. The van der Waals surface area contributed by atoms with Gasteiger partial charge in [-0.15, -0.1) is 0 Å². The molecular formula is C18H14ClN3O3. The number of aryl methyl sites for hydroxylation is 2. The number of nitrogens with zero attached hydrogens (tertiary/aromatic N) is 2. The first-order valence-electron chi connectivity index (χ1n) is 7.26. The monoisotopic (exact) mass is 355 g/mol. The van der Waals surface area contributed by atoms with E-state index in [4.69, 9.17) is 11.6 Å². The highest BCUT2D eigenvalue weighted by molar-refractivity contribution is 6.32. The molecule has 6 nitrogen and oxygen atoms in total. The Bertz CT molecular complexity index is 930. The van der Waals surface area contributed by atoms with Crippen LogP contribution in [0.15, 0.2) is 42.0 Å². The summed E-state index contributed by atoms with van der Waals surface area (Å²) in [5.41, 5.74) is 2.25. The maximum atomic E-state index is 12.4. The molecule has 0 spiro atoms. The average Bonchev–Trinajstić information content (AvgIpc) is 2.57. The van der Waals surface area contributed by atoms with E-state index < -0.39 is 10.8 Å². The third kappa shape index (κ3) is 4.43. The zero-order valence-corrected chi connectivity index (χ0v) is 14.3. The number of rotatable bonds is 4. The summed E-state index contributed by atoms with van der Waals surface area (Å²) in [6.07, 6.45) is 1.23. The molecule has 25 heavy (non-hydrogen) atoms. The van der Waals surface area contributed by atoms with Gasteiger partial charge in [0.05, 0.1) is 4.92 Å². The van der Waals surface area contributed by atoms with Gasteiger partial charge in [-0.2, -0.15) is 5.26 Å². The van der Waals surface area contributed by atoms with E-state index in [1.807, 2.05) is 26.0 Å². The largest absolute Gasteiger partial charge is 0.321 e. The number of anilines is 1. The van der Waals surface area contributed by atoms with Crippen LogP contribution in [-0.2, 0) is 4.79 Å². The number of nitriles is 1. The molecular weight excluding hydrogens is 342 g/mol. The number of amides is 1. The third-order valence-corrected chi connectivity index (χ3v) is 3.84. The van der Waals surface area contributed by atoms with E-state index in [1.54, 1.807) is 12.1 Å². The van der Waals surface area contributed by atoms with Gasteiger partial charge in [0.1, 0.15) is 11.6 Å². The van der Waals surface area contributed by atoms with Crippen molar-refractivity contribution in [2.45, 2.75) is 13.8 Å². The zero-order valence-electron chi connectivity index (χ0n) is 13.5. The van der Waals surface area contributed by atoms with Crippen LogP contribution in [-0.4, -0.2) is 10.8 Å². The van der Waals surface area contributed by atoms with Crippen LogP contribution < -0.4 is 5.32 Å². The second-order valence-corrected chi connectivity index (χ2v) is 5.81. The molecule has 0 aromatic heterocycles. The van der Waals surface area contributed by atoms with Gasteiger partial charge in [0.25, 0.3) is 11.6 Å². The average molecular weight is 356 g/mol. The van der Waals surface area contributed by atoms with E-state index in [2.05, 4.69) is 5.32 Å². The Morgan fingerprint density at radius 3 is 2.64 bits per heavy atom. The lowest BCUT2D eigenvalue weighted by atomic mass is 10.1. The highest BCUT2D eigenvalue weighted by Crippen LogP contribution is 2.25. The molecule has 2 aromatic rings. The first-order chi connectivity index (χ1) is 11.8. The minimum Gasteiger partial charge on any atom is -0.321 e. The number of non-ortho nitro benzene ring substituents is 1. The Kier molecular flexibility index (Phi) is 5.52. The number of hydrogen-bond donors (Lipinski definition) is 1. The number of hydrogen-bond acceptors (Lipinski definition) is 4. The van der Waals surface area contributed by atoms with Gasteiger partial charge in [-0.3, -0.25) is 14.9 Å². The van der Waals surface area contributed by atoms with Crippen molar-refractivity contribution in [2.75, 3.05) is 5.32 Å². The number of nitro benzene ring substituents is 1. The predicted molar refractivity (Wildman–Crippen MR) is 96.2 cm³/mol. The topological polar surface area (TPSA) is 96.0 Å². The van der Waals surface area contributed by atoms with E-state index in [-0.39, 0.29) is 21.8 Å². The second-order valence-electron chi connectivity index (χ2n) is 5.41. The molecule has 1 N–H and O–H groups in total. The summed E-state index contributed by atoms with van der Waals surface area (Å²) in [5.74, 6) is -0.612. The molecule has 0 aliphatic rings. The Morgan fingerprint density at radius 2 is 2.00 bits per heavy atom. The number of carbonyl (C=O) groups excluding carboxylic acids is 1. The van der Waals surface area contributed by atoms with Gasteiger partial charge in [0, 0.05) is 28.4 Å². The molecule has 2 aromatic carbocycles. The molecule has 0 saturated heterocycles. The lowest BCUT2D eigenvalue weighted by Crippen LogP contribution is -2.14. The third-order valence-electron chi connectivity index (χ3n) is 3.50. The smallest absolute Gasteiger partial charge is 0.270 e. The summed E-state index contributed by atoms with van der Waals surface area (Å²) in [7, 11) is 0. The molecule has 7 heteroatoms. The molecule has 0 aliphatic heterocycles. The Labute approximate surface area is 149 Å². The van der Waals surface area contributed by atoms with Crippen molar-refractivity contribution in [3.63, 3.8) is 0 Å². The summed E-state index contributed by atoms with van der Waals surface area (Å²) < 4.78 is 0. The maximum absolute atomic E-state index is 12.4. The van der Waals surface area contributed by atoms with Crippen LogP contribution in [0.2, 0.25) is 5.02 Å². The van der Waals surface area contributed by atoms with Crippen molar-refractivity contribution >= 4 is 35.0 Å². The van der Waals surface area contributed by atoms with Gasteiger partial charge in [-0.05, 0) is 43.2 Å². The fraction of sp³-hybridized carbons (Fsp3) is 0.111. The molecule has 2 rings (SSSR count). The molecule has 0 unspecified atom stereocenters. The SMILES string of the molecule is Cc1ccc(C)c(NC(=O)/C(C#N)=C/c2cc([N+](=O)[O-])ccc2Cl)c1. The molecule has 1 amide bonds. The van der Waals surface area contributed by atoms with Crippen LogP contribution in [0, 0.1) is 35.3 Å². The fourth-order valence-corrected chi connectivity index (χ4v) is 2.29. The Balaban J connectivity index is 2.36. The highest BCUT2D eigenvalue weighted by atomic mass is 35.5. The first-order valence-corrected chi connectivity index (χ1v) is 7.64. The number of benzene rings is 2. The van der Waals surface area contributed by atoms with Crippen LogP contribution in [0.4, 0.5) is 11.4 Å². The first kappa shape index (κ1) is 18.2. The second kappa shape index (κ2) is 7.60. The van der Waals surface area contributed by atoms with Crippen molar-refractivity contribution in [3.8, 4) is 6.07 Å². The van der Waals surface area contributed by atoms with Gasteiger partial charge in [-0.25, -0.2) is 0 Å². The van der Waals surface area contributed by atoms with Gasteiger partial charge < -0.3 is 5.32 Å². The van der Waals surface area contributed by atoms with Gasteiger partial charge >= 0.3 is 0 Å². The van der Waals surface area contributed by atoms with Crippen molar-refractivity contribution in [1.29, 1.82) is 5.26 Å². The molecule has 0 radical (unpaired) electrons. The molecule has 126 valence electrons. The summed E-state index contributed by atoms with van der Waals surface area (Å²) >= 11 is 6.00. The summed E-state index contributed by atoms with van der Waals surface area (Å²) in [5, 5.41) is 23.0. The fourth-order valence-electron chi connectivity index (χ4n) is 2.12. The van der Waals surface area contributed by atoms with E-state index in [0.29, 0.717) is 5.69 Å². The van der Waals surface area contributed by atoms with Crippen molar-refractivity contribution in [1.82, 2.24) is 0 Å². The van der Waals surface area contributed by atoms with Crippen molar-refractivity contribution < 1.29 is 9.72 Å². The number of nitro groups is 1. The molecule has 0 aliphatic carbocycles. The summed E-state index contributed by atoms with van der Waals surface area (Å²) in [6, 6.07) is 11.2. The molecule has 0 atom stereocenters.